The molecule has 1 N–H and O–H groups in total. The van der Waals surface area contributed by atoms with Crippen molar-refractivity contribution in [3.8, 4) is 11.5 Å². The van der Waals surface area contributed by atoms with Gasteiger partial charge in [0.1, 0.15) is 17.3 Å². The van der Waals surface area contributed by atoms with Gasteiger partial charge in [-0.2, -0.15) is 0 Å². The number of carbonyl (C=O) groups is 3. The Labute approximate surface area is 203 Å². The molecular weight excluding hydrogens is 448 g/mol. The molecule has 1 aromatic heterocycles. The van der Waals surface area contributed by atoms with Gasteiger partial charge in [0, 0.05) is 12.1 Å². The van der Waals surface area contributed by atoms with Crippen LogP contribution < -0.4 is 19.7 Å². The van der Waals surface area contributed by atoms with Gasteiger partial charge in [-0.05, 0) is 73.9 Å². The van der Waals surface area contributed by atoms with Crippen molar-refractivity contribution < 1.29 is 28.3 Å². The average molecular weight is 477 g/mol. The molecule has 35 heavy (non-hydrogen) atoms. The zero-order chi connectivity index (χ0) is 24.9. The number of rotatable bonds is 9. The summed E-state index contributed by atoms with van der Waals surface area (Å²) in [5, 5.41) is 2.76. The lowest BCUT2D eigenvalue weighted by molar-refractivity contribution is -0.121. The number of carbonyl (C=O) groups excluding carboxylic acids is 3. The van der Waals surface area contributed by atoms with Crippen LogP contribution in [0.3, 0.4) is 0 Å². The summed E-state index contributed by atoms with van der Waals surface area (Å²) in [6.45, 7) is 6.35. The lowest BCUT2D eigenvalue weighted by Crippen LogP contribution is -2.38. The number of furan rings is 1. The molecule has 0 atom stereocenters. The van der Waals surface area contributed by atoms with E-state index in [2.05, 4.69) is 5.32 Å². The van der Waals surface area contributed by atoms with Crippen molar-refractivity contribution in [3.63, 3.8) is 0 Å². The van der Waals surface area contributed by atoms with E-state index in [0.717, 1.165) is 17.5 Å². The van der Waals surface area contributed by atoms with Crippen molar-refractivity contribution >= 4 is 23.3 Å². The maximum atomic E-state index is 12.8. The predicted molar refractivity (Wildman–Crippen MR) is 130 cm³/mol. The molecule has 4 rings (SSSR count). The normalized spacial score (nSPS) is 12.7. The molecule has 2 heterocycles. The van der Waals surface area contributed by atoms with Crippen LogP contribution in [0.4, 0.5) is 5.69 Å². The van der Waals surface area contributed by atoms with Crippen LogP contribution in [0.2, 0.25) is 0 Å². The third kappa shape index (κ3) is 5.54. The zero-order valence-corrected chi connectivity index (χ0v) is 20.1. The van der Waals surface area contributed by atoms with E-state index in [9.17, 15) is 14.4 Å². The topological polar surface area (TPSA) is 98.1 Å². The highest BCUT2D eigenvalue weighted by molar-refractivity contribution is 6.02. The minimum absolute atomic E-state index is 0.104. The van der Waals surface area contributed by atoms with Crippen LogP contribution in [0.1, 0.15) is 51.1 Å². The first-order valence-electron chi connectivity index (χ1n) is 11.5. The van der Waals surface area contributed by atoms with Crippen LogP contribution >= 0.6 is 0 Å². The molecule has 182 valence electrons. The molecule has 0 radical (unpaired) electrons. The van der Waals surface area contributed by atoms with Gasteiger partial charge in [0.05, 0.1) is 12.2 Å². The van der Waals surface area contributed by atoms with Gasteiger partial charge in [-0.15, -0.1) is 0 Å². The second-order valence-electron chi connectivity index (χ2n) is 8.43. The second-order valence-corrected chi connectivity index (χ2v) is 8.43. The number of aryl methyl sites for hydroxylation is 2. The Balaban J connectivity index is 1.49. The van der Waals surface area contributed by atoms with E-state index in [1.807, 2.05) is 39.0 Å². The third-order valence-electron chi connectivity index (χ3n) is 5.81. The molecule has 1 aliphatic rings. The fourth-order valence-corrected chi connectivity index (χ4v) is 3.65. The number of anilines is 1. The molecule has 8 heteroatoms. The molecule has 0 aliphatic carbocycles. The molecule has 0 unspecified atom stereocenters. The van der Waals surface area contributed by atoms with Gasteiger partial charge in [-0.3, -0.25) is 19.3 Å². The summed E-state index contributed by atoms with van der Waals surface area (Å²) in [4.78, 5) is 39.1. The van der Waals surface area contributed by atoms with Crippen LogP contribution in [0.15, 0.2) is 52.9 Å². The first-order valence-corrected chi connectivity index (χ1v) is 11.5. The van der Waals surface area contributed by atoms with E-state index in [0.29, 0.717) is 35.1 Å². The Bertz CT molecular complexity index is 1260. The number of nitrogens with zero attached hydrogens (tertiary/aromatic N) is 1. The molecule has 3 aromatic rings. The Morgan fingerprint density at radius 2 is 1.89 bits per heavy atom. The first-order chi connectivity index (χ1) is 16.9. The smallest absolute Gasteiger partial charge is 0.286 e. The molecule has 0 bridgehead atoms. The van der Waals surface area contributed by atoms with Crippen molar-refractivity contribution in [2.45, 2.75) is 33.7 Å². The van der Waals surface area contributed by atoms with E-state index in [1.165, 1.54) is 4.90 Å². The summed E-state index contributed by atoms with van der Waals surface area (Å²) >= 11 is 0. The second kappa shape index (κ2) is 10.5. The number of ether oxygens (including phenoxy) is 2. The molecule has 0 fully saturated rings. The Morgan fingerprint density at radius 3 is 2.66 bits per heavy atom. The van der Waals surface area contributed by atoms with Gasteiger partial charge in [0.25, 0.3) is 11.8 Å². The number of Topliss-reactive ketones (excluding diaryl/α,β-unsaturated/α-hetero) is 1. The number of amides is 2. The minimum Gasteiger partial charge on any atom is -0.485 e. The maximum Gasteiger partial charge on any atom is 0.286 e. The highest BCUT2D eigenvalue weighted by atomic mass is 16.5. The highest BCUT2D eigenvalue weighted by Crippen LogP contribution is 2.34. The van der Waals surface area contributed by atoms with Gasteiger partial charge >= 0.3 is 0 Å². The molecule has 0 saturated carbocycles. The highest BCUT2D eigenvalue weighted by Gasteiger charge is 2.28. The molecule has 2 amide bonds. The summed E-state index contributed by atoms with van der Waals surface area (Å²) in [6, 6.07) is 13.9. The SMILES string of the molecule is CCCNC(=O)c1ccc(CN2C(=O)COc3ccc(C(=O)COc4ccc(C)c(C)c4)cc32)o1. The van der Waals surface area contributed by atoms with Gasteiger partial charge in [0.15, 0.2) is 24.8 Å². The number of ketones is 1. The Morgan fingerprint density at radius 1 is 1.06 bits per heavy atom. The molecule has 0 spiro atoms. The maximum absolute atomic E-state index is 12.8. The fourth-order valence-electron chi connectivity index (χ4n) is 3.65. The Kier molecular flexibility index (Phi) is 7.19. The van der Waals surface area contributed by atoms with Gasteiger partial charge in [0.2, 0.25) is 0 Å². The van der Waals surface area contributed by atoms with Crippen molar-refractivity contribution in [2.24, 2.45) is 0 Å². The van der Waals surface area contributed by atoms with Crippen molar-refractivity contribution in [2.75, 3.05) is 24.7 Å². The minimum atomic E-state index is -0.302. The van der Waals surface area contributed by atoms with Crippen molar-refractivity contribution in [1.82, 2.24) is 5.32 Å². The monoisotopic (exact) mass is 476 g/mol. The number of benzene rings is 2. The summed E-state index contributed by atoms with van der Waals surface area (Å²) in [6.07, 6.45) is 0.815. The molecular formula is C27H28N2O6. The quantitative estimate of drug-likeness (QED) is 0.464. The third-order valence-corrected chi connectivity index (χ3v) is 5.81. The molecule has 2 aromatic carbocycles. The average Bonchev–Trinajstić information content (AvgIpc) is 3.33. The number of nitrogens with one attached hydrogen (secondary N) is 1. The van der Waals surface area contributed by atoms with E-state index in [4.69, 9.17) is 13.9 Å². The van der Waals surface area contributed by atoms with Crippen LogP contribution in [-0.4, -0.2) is 37.4 Å². The fraction of sp³-hybridized carbons (Fsp3) is 0.296. The van der Waals surface area contributed by atoms with Gasteiger partial charge in [-0.1, -0.05) is 13.0 Å². The van der Waals surface area contributed by atoms with Crippen LogP contribution in [-0.2, 0) is 11.3 Å². The lowest BCUT2D eigenvalue weighted by Gasteiger charge is -2.29. The molecule has 0 saturated heterocycles. The van der Waals surface area contributed by atoms with Crippen LogP contribution in [0.25, 0.3) is 0 Å². The zero-order valence-electron chi connectivity index (χ0n) is 20.1. The van der Waals surface area contributed by atoms with E-state index in [-0.39, 0.29) is 43.1 Å². The summed E-state index contributed by atoms with van der Waals surface area (Å²) in [5.41, 5.74) is 3.09. The van der Waals surface area contributed by atoms with E-state index < -0.39 is 0 Å². The van der Waals surface area contributed by atoms with Crippen LogP contribution in [0.5, 0.6) is 11.5 Å². The largest absolute Gasteiger partial charge is 0.485 e. The number of hydrogen-bond donors (Lipinski definition) is 1. The standard InChI is InChI=1S/C27H28N2O6/c1-4-11-28-27(32)25-10-8-21(35-25)14-29-22-13-19(6-9-24(22)34-16-26(29)31)23(30)15-33-20-7-5-17(2)18(3)12-20/h5-10,12-13H,4,11,14-16H2,1-3H3,(H,28,32). The predicted octanol–water partition coefficient (Wildman–Crippen LogP) is 4.22. The Hall–Kier alpha value is -4.07. The van der Waals surface area contributed by atoms with Gasteiger partial charge in [-0.25, -0.2) is 0 Å². The molecule has 1 aliphatic heterocycles. The van der Waals surface area contributed by atoms with E-state index >= 15 is 0 Å². The summed E-state index contributed by atoms with van der Waals surface area (Å²) in [5.74, 6) is 0.937. The lowest BCUT2D eigenvalue weighted by atomic mass is 10.1. The number of hydrogen-bond acceptors (Lipinski definition) is 6. The first kappa shape index (κ1) is 24.1. The van der Waals surface area contributed by atoms with Crippen molar-refractivity contribution in [3.05, 3.63) is 76.7 Å². The number of fused-ring (bicyclic) bond motifs is 1. The van der Waals surface area contributed by atoms with E-state index in [1.54, 1.807) is 30.3 Å². The summed E-state index contributed by atoms with van der Waals surface area (Å²) < 4.78 is 16.9. The van der Waals surface area contributed by atoms with Gasteiger partial charge < -0.3 is 19.2 Å². The van der Waals surface area contributed by atoms with Crippen molar-refractivity contribution in [1.29, 1.82) is 0 Å². The molecule has 8 nitrogen and oxygen atoms in total. The summed E-state index contributed by atoms with van der Waals surface area (Å²) in [7, 11) is 0. The van der Waals surface area contributed by atoms with Crippen LogP contribution in [0, 0.1) is 13.8 Å².